The molecule has 1 aliphatic rings. The zero-order chi connectivity index (χ0) is 13.2. The van der Waals surface area contributed by atoms with Gasteiger partial charge in [0, 0.05) is 16.8 Å². The van der Waals surface area contributed by atoms with Gasteiger partial charge in [-0.05, 0) is 29.8 Å². The molecule has 0 bridgehead atoms. The molecule has 0 spiro atoms. The normalized spacial score (nSPS) is 15.2. The van der Waals surface area contributed by atoms with E-state index in [1.807, 2.05) is 54.6 Å². The molecule has 1 amide bonds. The Hall–Kier alpha value is -2.55. The van der Waals surface area contributed by atoms with Gasteiger partial charge in [0.2, 0.25) is 0 Å². The second-order valence-electron chi connectivity index (χ2n) is 4.33. The van der Waals surface area contributed by atoms with Crippen LogP contribution in [0.1, 0.15) is 21.5 Å². The topological polar surface area (TPSA) is 38.3 Å². The molecule has 94 valence electrons. The Kier molecular flexibility index (Phi) is 2.80. The number of carbonyl (C=O) groups is 1. The molecule has 0 saturated heterocycles. The van der Waals surface area contributed by atoms with Crippen molar-refractivity contribution >= 4 is 17.7 Å². The van der Waals surface area contributed by atoms with Gasteiger partial charge in [-0.2, -0.15) is 0 Å². The third kappa shape index (κ3) is 2.10. The molecule has 0 aliphatic carbocycles. The largest absolute Gasteiger partial charge is 0.497 e. The van der Waals surface area contributed by atoms with Crippen LogP contribution in [0, 0.1) is 0 Å². The highest BCUT2D eigenvalue weighted by atomic mass is 16.5. The number of amides is 1. The van der Waals surface area contributed by atoms with E-state index in [4.69, 9.17) is 4.74 Å². The fraction of sp³-hybridized carbons (Fsp3) is 0.0625. The van der Waals surface area contributed by atoms with Gasteiger partial charge in [-0.1, -0.05) is 30.3 Å². The van der Waals surface area contributed by atoms with Gasteiger partial charge in [0.25, 0.3) is 5.91 Å². The minimum atomic E-state index is -0.0460. The van der Waals surface area contributed by atoms with Crippen molar-refractivity contribution in [1.29, 1.82) is 0 Å². The lowest BCUT2D eigenvalue weighted by atomic mass is 10.1. The SMILES string of the molecule is COc1ccc(C=C2NC(=O)c3ccccc32)cc1. The van der Waals surface area contributed by atoms with Crippen LogP contribution < -0.4 is 10.1 Å². The smallest absolute Gasteiger partial charge is 0.256 e. The number of fused-ring (bicyclic) bond motifs is 1. The summed E-state index contributed by atoms with van der Waals surface area (Å²) in [7, 11) is 1.64. The van der Waals surface area contributed by atoms with Crippen LogP contribution in [0.5, 0.6) is 5.75 Å². The minimum Gasteiger partial charge on any atom is -0.497 e. The minimum absolute atomic E-state index is 0.0460. The fourth-order valence-electron chi connectivity index (χ4n) is 2.15. The molecule has 0 atom stereocenters. The molecule has 19 heavy (non-hydrogen) atoms. The number of hydrogen-bond donors (Lipinski definition) is 1. The lowest BCUT2D eigenvalue weighted by Crippen LogP contribution is -2.11. The third-order valence-electron chi connectivity index (χ3n) is 3.14. The first-order valence-corrected chi connectivity index (χ1v) is 6.04. The summed E-state index contributed by atoms with van der Waals surface area (Å²) >= 11 is 0. The van der Waals surface area contributed by atoms with Gasteiger partial charge < -0.3 is 10.1 Å². The Bertz CT molecular complexity index is 657. The summed E-state index contributed by atoms with van der Waals surface area (Å²) in [5, 5.41) is 2.89. The predicted octanol–water partition coefficient (Wildman–Crippen LogP) is 2.94. The van der Waals surface area contributed by atoms with E-state index in [2.05, 4.69) is 5.32 Å². The van der Waals surface area contributed by atoms with Crippen LogP contribution in [0.15, 0.2) is 48.5 Å². The monoisotopic (exact) mass is 251 g/mol. The van der Waals surface area contributed by atoms with Crippen molar-refractivity contribution in [2.45, 2.75) is 0 Å². The molecule has 3 rings (SSSR count). The first kappa shape index (κ1) is 11.5. The van der Waals surface area contributed by atoms with Crippen molar-refractivity contribution in [3.63, 3.8) is 0 Å². The van der Waals surface area contributed by atoms with Gasteiger partial charge in [0.1, 0.15) is 5.75 Å². The Labute approximate surface area is 111 Å². The van der Waals surface area contributed by atoms with Crippen LogP contribution in [0.25, 0.3) is 11.8 Å². The Balaban J connectivity index is 1.98. The lowest BCUT2D eigenvalue weighted by Gasteiger charge is -2.02. The third-order valence-corrected chi connectivity index (χ3v) is 3.14. The van der Waals surface area contributed by atoms with Crippen molar-refractivity contribution in [2.75, 3.05) is 7.11 Å². The summed E-state index contributed by atoms with van der Waals surface area (Å²) in [6.07, 6.45) is 1.96. The summed E-state index contributed by atoms with van der Waals surface area (Å²) in [5.74, 6) is 0.772. The second kappa shape index (κ2) is 4.61. The number of methoxy groups -OCH3 is 1. The van der Waals surface area contributed by atoms with Crippen LogP contribution in [-0.2, 0) is 0 Å². The van der Waals surface area contributed by atoms with E-state index in [1.54, 1.807) is 7.11 Å². The molecular weight excluding hydrogens is 238 g/mol. The van der Waals surface area contributed by atoms with Crippen molar-refractivity contribution in [1.82, 2.24) is 5.32 Å². The quantitative estimate of drug-likeness (QED) is 0.891. The maximum absolute atomic E-state index is 11.8. The molecule has 2 aromatic carbocycles. The van der Waals surface area contributed by atoms with Crippen LogP contribution in [0.4, 0.5) is 0 Å². The maximum Gasteiger partial charge on any atom is 0.256 e. The molecule has 3 heteroatoms. The summed E-state index contributed by atoms with van der Waals surface area (Å²) in [5.41, 5.74) is 3.53. The van der Waals surface area contributed by atoms with Crippen LogP contribution >= 0.6 is 0 Å². The van der Waals surface area contributed by atoms with E-state index < -0.39 is 0 Å². The molecule has 0 fully saturated rings. The van der Waals surface area contributed by atoms with E-state index in [9.17, 15) is 4.79 Å². The second-order valence-corrected chi connectivity index (χ2v) is 4.33. The lowest BCUT2D eigenvalue weighted by molar-refractivity contribution is 0.0981. The van der Waals surface area contributed by atoms with Gasteiger partial charge in [-0.15, -0.1) is 0 Å². The van der Waals surface area contributed by atoms with Gasteiger partial charge in [0.05, 0.1) is 7.11 Å². The van der Waals surface area contributed by atoms with E-state index in [1.165, 1.54) is 0 Å². The van der Waals surface area contributed by atoms with Gasteiger partial charge in [-0.25, -0.2) is 0 Å². The molecule has 0 aromatic heterocycles. The van der Waals surface area contributed by atoms with Crippen LogP contribution in [0.3, 0.4) is 0 Å². The number of benzene rings is 2. The van der Waals surface area contributed by atoms with Crippen molar-refractivity contribution in [2.24, 2.45) is 0 Å². The standard InChI is InChI=1S/C16H13NO2/c1-19-12-8-6-11(7-9-12)10-15-13-4-2-3-5-14(13)16(18)17-15/h2-10H,1H3,(H,17,18). The highest BCUT2D eigenvalue weighted by Gasteiger charge is 2.22. The molecule has 0 saturated carbocycles. The van der Waals surface area contributed by atoms with Gasteiger partial charge >= 0.3 is 0 Å². The Morgan fingerprint density at radius 2 is 1.68 bits per heavy atom. The number of carbonyl (C=O) groups excluding carboxylic acids is 1. The van der Waals surface area contributed by atoms with Crippen molar-refractivity contribution in [3.05, 3.63) is 65.2 Å². The molecule has 1 aliphatic heterocycles. The highest BCUT2D eigenvalue weighted by molar-refractivity contribution is 6.11. The molecule has 3 nitrogen and oxygen atoms in total. The zero-order valence-corrected chi connectivity index (χ0v) is 10.5. The summed E-state index contributed by atoms with van der Waals surface area (Å²) in [6, 6.07) is 15.3. The molecular formula is C16H13NO2. The fourth-order valence-corrected chi connectivity index (χ4v) is 2.15. The Morgan fingerprint density at radius 1 is 1.00 bits per heavy atom. The van der Waals surface area contributed by atoms with E-state index in [0.29, 0.717) is 0 Å². The van der Waals surface area contributed by atoms with Crippen molar-refractivity contribution < 1.29 is 9.53 Å². The van der Waals surface area contributed by atoms with Crippen LogP contribution in [-0.4, -0.2) is 13.0 Å². The first-order chi connectivity index (χ1) is 9.28. The molecule has 1 heterocycles. The summed E-state index contributed by atoms with van der Waals surface area (Å²) in [4.78, 5) is 11.8. The maximum atomic E-state index is 11.8. The first-order valence-electron chi connectivity index (χ1n) is 6.04. The highest BCUT2D eigenvalue weighted by Crippen LogP contribution is 2.26. The van der Waals surface area contributed by atoms with E-state index >= 15 is 0 Å². The average Bonchev–Trinajstić information content (AvgIpc) is 2.77. The molecule has 1 N–H and O–H groups in total. The summed E-state index contributed by atoms with van der Waals surface area (Å²) < 4.78 is 5.12. The number of rotatable bonds is 2. The van der Waals surface area contributed by atoms with Gasteiger partial charge in [0.15, 0.2) is 0 Å². The molecule has 0 radical (unpaired) electrons. The number of hydrogen-bond acceptors (Lipinski definition) is 2. The van der Waals surface area contributed by atoms with E-state index in [0.717, 1.165) is 28.1 Å². The van der Waals surface area contributed by atoms with Crippen LogP contribution in [0.2, 0.25) is 0 Å². The number of nitrogens with one attached hydrogen (secondary N) is 1. The molecule has 0 unspecified atom stereocenters. The Morgan fingerprint density at radius 3 is 2.37 bits per heavy atom. The number of ether oxygens (including phenoxy) is 1. The van der Waals surface area contributed by atoms with E-state index in [-0.39, 0.29) is 5.91 Å². The summed E-state index contributed by atoms with van der Waals surface area (Å²) in [6.45, 7) is 0. The zero-order valence-electron chi connectivity index (χ0n) is 10.5. The predicted molar refractivity (Wildman–Crippen MR) is 74.8 cm³/mol. The van der Waals surface area contributed by atoms with Gasteiger partial charge in [-0.3, -0.25) is 4.79 Å². The van der Waals surface area contributed by atoms with Crippen molar-refractivity contribution in [3.8, 4) is 5.75 Å². The molecule has 2 aromatic rings. The average molecular weight is 251 g/mol.